The predicted molar refractivity (Wildman–Crippen MR) is 102 cm³/mol. The molecule has 6 heteroatoms. The van der Waals surface area contributed by atoms with Crippen molar-refractivity contribution in [2.24, 2.45) is 0 Å². The van der Waals surface area contributed by atoms with Gasteiger partial charge in [-0.25, -0.2) is 4.79 Å². The van der Waals surface area contributed by atoms with Gasteiger partial charge in [-0.1, -0.05) is 49.5 Å². The fraction of sp³-hybridized carbons (Fsp3) is 0.476. The number of aromatic nitrogens is 1. The maximum Gasteiger partial charge on any atom is 0.344 e. The molecule has 0 saturated heterocycles. The lowest BCUT2D eigenvalue weighted by atomic mass is 9.93. The smallest absolute Gasteiger partial charge is 0.344 e. The van der Waals surface area contributed by atoms with Gasteiger partial charge in [-0.15, -0.1) is 0 Å². The molecule has 0 radical (unpaired) electrons. The minimum Gasteiger partial charge on any atom is -0.452 e. The highest BCUT2D eigenvalue weighted by atomic mass is 16.5. The molecular weight excluding hydrogens is 344 g/mol. The Morgan fingerprint density at radius 3 is 2.56 bits per heavy atom. The van der Waals surface area contributed by atoms with Crippen molar-refractivity contribution < 1.29 is 18.8 Å². The highest BCUT2D eigenvalue weighted by Crippen LogP contribution is 2.27. The minimum atomic E-state index is -0.560. The summed E-state index contributed by atoms with van der Waals surface area (Å²) in [4.78, 5) is 27.2. The summed E-state index contributed by atoms with van der Waals surface area (Å²) in [6.45, 7) is 3.26. The van der Waals surface area contributed by atoms with E-state index in [1.807, 2.05) is 37.3 Å². The zero-order chi connectivity index (χ0) is 19.2. The molecule has 1 aromatic carbocycles. The van der Waals surface area contributed by atoms with Crippen LogP contribution in [0.4, 0.5) is 5.69 Å². The van der Waals surface area contributed by atoms with Crippen molar-refractivity contribution in [1.82, 2.24) is 5.16 Å². The van der Waals surface area contributed by atoms with Gasteiger partial charge in [-0.2, -0.15) is 0 Å². The van der Waals surface area contributed by atoms with Crippen molar-refractivity contribution in [2.45, 2.75) is 58.4 Å². The molecule has 0 aliphatic heterocycles. The number of carbonyl (C=O) groups excluding carboxylic acids is 2. The first kappa shape index (κ1) is 19.1. The largest absolute Gasteiger partial charge is 0.452 e. The summed E-state index contributed by atoms with van der Waals surface area (Å²) in [5.74, 6) is -0.347. The molecule has 0 unspecified atom stereocenters. The number of benzene rings is 1. The lowest BCUT2D eigenvalue weighted by Crippen LogP contribution is -2.43. The molecular formula is C21H26N2O4. The topological polar surface area (TPSA) is 72.6 Å². The van der Waals surface area contributed by atoms with Gasteiger partial charge < -0.3 is 14.2 Å². The number of hydrogen-bond donors (Lipinski definition) is 0. The number of esters is 1. The van der Waals surface area contributed by atoms with Crippen molar-refractivity contribution in [3.63, 3.8) is 0 Å². The molecule has 2 aromatic rings. The van der Waals surface area contributed by atoms with Crippen molar-refractivity contribution in [1.29, 1.82) is 0 Å². The summed E-state index contributed by atoms with van der Waals surface area (Å²) in [5.41, 5.74) is 1.73. The number of aryl methyl sites for hydroxylation is 2. The maximum absolute atomic E-state index is 13.0. The van der Waals surface area contributed by atoms with Gasteiger partial charge in [-0.05, 0) is 38.3 Å². The number of ether oxygens (including phenoxy) is 1. The molecule has 1 aliphatic carbocycles. The Morgan fingerprint density at radius 1 is 1.19 bits per heavy atom. The van der Waals surface area contributed by atoms with E-state index in [2.05, 4.69) is 5.16 Å². The molecule has 1 aromatic heterocycles. The van der Waals surface area contributed by atoms with Crippen molar-refractivity contribution >= 4 is 17.6 Å². The van der Waals surface area contributed by atoms with E-state index < -0.39 is 5.97 Å². The molecule has 1 heterocycles. The Bertz CT molecular complexity index is 779. The van der Waals surface area contributed by atoms with Crippen LogP contribution < -0.4 is 4.90 Å². The van der Waals surface area contributed by atoms with Gasteiger partial charge in [0.15, 0.2) is 6.61 Å². The zero-order valence-electron chi connectivity index (χ0n) is 15.9. The van der Waals surface area contributed by atoms with E-state index in [0.717, 1.165) is 31.4 Å². The average molecular weight is 370 g/mol. The van der Waals surface area contributed by atoms with E-state index in [9.17, 15) is 9.59 Å². The molecule has 6 nitrogen and oxygen atoms in total. The van der Waals surface area contributed by atoms with E-state index in [0.29, 0.717) is 23.4 Å². The number of amides is 1. The maximum atomic E-state index is 13.0. The number of carbonyl (C=O) groups is 2. The van der Waals surface area contributed by atoms with Crippen LogP contribution in [-0.4, -0.2) is 29.7 Å². The first-order valence-electron chi connectivity index (χ1n) is 9.61. The summed E-state index contributed by atoms with van der Waals surface area (Å²) >= 11 is 0. The summed E-state index contributed by atoms with van der Waals surface area (Å²) in [6.07, 6.45) is 5.93. The normalized spacial score (nSPS) is 14.7. The molecule has 1 saturated carbocycles. The lowest BCUT2D eigenvalue weighted by Gasteiger charge is -2.34. The Balaban J connectivity index is 1.72. The van der Waals surface area contributed by atoms with Crippen LogP contribution in [0.3, 0.4) is 0 Å². The van der Waals surface area contributed by atoms with Gasteiger partial charge in [0.05, 0.1) is 5.69 Å². The van der Waals surface area contributed by atoms with Crippen LogP contribution in [0.2, 0.25) is 0 Å². The minimum absolute atomic E-state index is 0.149. The molecule has 27 heavy (non-hydrogen) atoms. The van der Waals surface area contributed by atoms with Crippen LogP contribution in [0.5, 0.6) is 0 Å². The number of nitrogens with zero attached hydrogens (tertiary/aromatic N) is 2. The van der Waals surface area contributed by atoms with Crippen LogP contribution in [0.1, 0.15) is 60.8 Å². The monoisotopic (exact) mass is 370 g/mol. The predicted octanol–water partition coefficient (Wildman–Crippen LogP) is 4.07. The van der Waals surface area contributed by atoms with Crippen molar-refractivity contribution in [3.8, 4) is 0 Å². The van der Waals surface area contributed by atoms with Crippen LogP contribution in [0.15, 0.2) is 34.9 Å². The van der Waals surface area contributed by atoms with Gasteiger partial charge in [0.2, 0.25) is 0 Å². The average Bonchev–Trinajstić information content (AvgIpc) is 3.08. The SMILES string of the molecule is CCc1noc(C)c1C(=O)OCC(=O)N(c1ccccc1)C1CCCCC1. The van der Waals surface area contributed by atoms with E-state index in [4.69, 9.17) is 9.26 Å². The molecule has 0 bridgehead atoms. The summed E-state index contributed by atoms with van der Waals surface area (Å²) in [6, 6.07) is 9.75. The number of para-hydroxylation sites is 1. The summed E-state index contributed by atoms with van der Waals surface area (Å²) in [5, 5.41) is 3.87. The highest BCUT2D eigenvalue weighted by Gasteiger charge is 2.28. The summed E-state index contributed by atoms with van der Waals surface area (Å²) in [7, 11) is 0. The number of rotatable bonds is 6. The lowest BCUT2D eigenvalue weighted by molar-refractivity contribution is -0.122. The molecule has 0 spiro atoms. The molecule has 0 atom stereocenters. The number of hydrogen-bond acceptors (Lipinski definition) is 5. The molecule has 144 valence electrons. The van der Waals surface area contributed by atoms with Gasteiger partial charge >= 0.3 is 5.97 Å². The Kier molecular flexibility index (Phi) is 6.27. The molecule has 0 N–H and O–H groups in total. The third kappa shape index (κ3) is 4.38. The summed E-state index contributed by atoms with van der Waals surface area (Å²) < 4.78 is 10.4. The van der Waals surface area contributed by atoms with E-state index in [1.54, 1.807) is 11.8 Å². The second-order valence-corrected chi connectivity index (χ2v) is 6.88. The van der Waals surface area contributed by atoms with Crippen LogP contribution >= 0.6 is 0 Å². The Morgan fingerprint density at radius 2 is 1.89 bits per heavy atom. The van der Waals surface area contributed by atoms with E-state index in [-0.39, 0.29) is 18.6 Å². The van der Waals surface area contributed by atoms with E-state index in [1.165, 1.54) is 6.42 Å². The first-order chi connectivity index (χ1) is 13.1. The molecule has 3 rings (SSSR count). The van der Waals surface area contributed by atoms with Crippen LogP contribution in [-0.2, 0) is 16.0 Å². The van der Waals surface area contributed by atoms with Gasteiger partial charge in [0.25, 0.3) is 5.91 Å². The third-order valence-corrected chi connectivity index (χ3v) is 5.04. The molecule has 1 fully saturated rings. The van der Waals surface area contributed by atoms with Gasteiger partial charge in [-0.3, -0.25) is 4.79 Å². The van der Waals surface area contributed by atoms with Crippen molar-refractivity contribution in [2.75, 3.05) is 11.5 Å². The molecule has 1 amide bonds. The second-order valence-electron chi connectivity index (χ2n) is 6.88. The molecule has 1 aliphatic rings. The van der Waals surface area contributed by atoms with Gasteiger partial charge in [0, 0.05) is 11.7 Å². The van der Waals surface area contributed by atoms with E-state index >= 15 is 0 Å². The number of anilines is 1. The van der Waals surface area contributed by atoms with Gasteiger partial charge in [0.1, 0.15) is 11.3 Å². The fourth-order valence-electron chi connectivity index (χ4n) is 3.68. The third-order valence-electron chi connectivity index (χ3n) is 5.04. The standard InChI is InChI=1S/C21H26N2O4/c1-3-18-20(15(2)27-22-18)21(25)26-14-19(24)23(16-10-6-4-7-11-16)17-12-8-5-9-13-17/h4,6-7,10-11,17H,3,5,8-9,12-14H2,1-2H3. The Labute approximate surface area is 159 Å². The quantitative estimate of drug-likeness (QED) is 0.717. The zero-order valence-corrected chi connectivity index (χ0v) is 15.9. The fourth-order valence-corrected chi connectivity index (χ4v) is 3.68. The first-order valence-corrected chi connectivity index (χ1v) is 9.61. The van der Waals surface area contributed by atoms with Crippen LogP contribution in [0.25, 0.3) is 0 Å². The second kappa shape index (κ2) is 8.84. The van der Waals surface area contributed by atoms with Crippen LogP contribution in [0, 0.1) is 6.92 Å². The highest BCUT2D eigenvalue weighted by molar-refractivity contribution is 5.98. The Hall–Kier alpha value is -2.63. The van der Waals surface area contributed by atoms with Crippen molar-refractivity contribution in [3.05, 3.63) is 47.3 Å².